The molecule has 2 N–H and O–H groups in total. The number of amides is 2. The Morgan fingerprint density at radius 2 is 1.66 bits per heavy atom. The Morgan fingerprint density at radius 1 is 0.906 bits per heavy atom. The maximum atomic E-state index is 13.0. The van der Waals surface area contributed by atoms with Crippen LogP contribution in [0, 0.1) is 0 Å². The predicted molar refractivity (Wildman–Crippen MR) is 121 cm³/mol. The fraction of sp³-hybridized carbons (Fsp3) is 0.125. The summed E-state index contributed by atoms with van der Waals surface area (Å²) < 4.78 is 15.6. The van der Waals surface area contributed by atoms with Crippen molar-refractivity contribution in [1.29, 1.82) is 0 Å². The number of hydrogen-bond donors (Lipinski definition) is 2. The number of carbonyl (C=O) groups excluding carboxylic acids is 2. The first-order chi connectivity index (χ1) is 15.5. The van der Waals surface area contributed by atoms with E-state index in [1.54, 1.807) is 74.1 Å². The number of aromatic nitrogens is 1. The molecule has 0 aliphatic carbocycles. The van der Waals surface area contributed by atoms with Gasteiger partial charge < -0.3 is 24.8 Å². The summed E-state index contributed by atoms with van der Waals surface area (Å²) in [6.45, 7) is 0. The lowest BCUT2D eigenvalue weighted by Crippen LogP contribution is -2.30. The minimum Gasteiger partial charge on any atom is -0.497 e. The molecule has 0 aliphatic heterocycles. The smallest absolute Gasteiger partial charge is 0.272 e. The number of carbonyl (C=O) groups is 2. The van der Waals surface area contributed by atoms with Gasteiger partial charge in [-0.05, 0) is 60.2 Å². The molecule has 3 rings (SSSR count). The van der Waals surface area contributed by atoms with Gasteiger partial charge in [0, 0.05) is 23.6 Å². The maximum absolute atomic E-state index is 13.0. The standard InChI is InChI=1S/C24H23N3O5/c1-30-19-9-7-18(8-10-19)26-24(29)20(13-16-5-4-12-25-15-16)27-23(28)17-6-11-21(31-2)22(14-17)32-3/h4-15H,1-3H3,(H,26,29)(H,27,28)/b20-13+. The second-order valence-electron chi connectivity index (χ2n) is 6.55. The number of pyridine rings is 1. The Kier molecular flexibility index (Phi) is 7.42. The number of nitrogens with one attached hydrogen (secondary N) is 2. The third kappa shape index (κ3) is 5.63. The van der Waals surface area contributed by atoms with Crippen LogP contribution in [-0.4, -0.2) is 38.1 Å². The van der Waals surface area contributed by atoms with Crippen LogP contribution in [0.25, 0.3) is 6.08 Å². The fourth-order valence-electron chi connectivity index (χ4n) is 2.83. The van der Waals surface area contributed by atoms with Crippen LogP contribution in [0.3, 0.4) is 0 Å². The van der Waals surface area contributed by atoms with Crippen molar-refractivity contribution in [3.05, 3.63) is 83.8 Å². The van der Waals surface area contributed by atoms with E-state index in [1.807, 2.05) is 0 Å². The molecule has 0 saturated heterocycles. The van der Waals surface area contributed by atoms with E-state index < -0.39 is 11.8 Å². The fourth-order valence-corrected chi connectivity index (χ4v) is 2.83. The van der Waals surface area contributed by atoms with Crippen LogP contribution in [-0.2, 0) is 4.79 Å². The lowest BCUT2D eigenvalue weighted by Gasteiger charge is -2.13. The van der Waals surface area contributed by atoms with E-state index in [4.69, 9.17) is 14.2 Å². The second-order valence-corrected chi connectivity index (χ2v) is 6.55. The zero-order valence-electron chi connectivity index (χ0n) is 17.9. The molecule has 0 fully saturated rings. The molecule has 1 aromatic heterocycles. The van der Waals surface area contributed by atoms with E-state index >= 15 is 0 Å². The van der Waals surface area contributed by atoms with Crippen molar-refractivity contribution < 1.29 is 23.8 Å². The van der Waals surface area contributed by atoms with Crippen molar-refractivity contribution in [1.82, 2.24) is 10.3 Å². The monoisotopic (exact) mass is 433 g/mol. The first kappa shape index (κ1) is 22.4. The average molecular weight is 433 g/mol. The molecule has 0 aliphatic rings. The normalized spacial score (nSPS) is 10.8. The zero-order chi connectivity index (χ0) is 22.9. The lowest BCUT2D eigenvalue weighted by atomic mass is 10.1. The maximum Gasteiger partial charge on any atom is 0.272 e. The molecule has 3 aromatic rings. The largest absolute Gasteiger partial charge is 0.497 e. The minimum absolute atomic E-state index is 0.0496. The van der Waals surface area contributed by atoms with Crippen molar-refractivity contribution in [2.75, 3.05) is 26.6 Å². The third-order valence-electron chi connectivity index (χ3n) is 4.48. The van der Waals surface area contributed by atoms with Crippen molar-refractivity contribution >= 4 is 23.6 Å². The first-order valence-electron chi connectivity index (χ1n) is 9.64. The number of methoxy groups -OCH3 is 3. The Hall–Kier alpha value is -4.33. The highest BCUT2D eigenvalue weighted by Gasteiger charge is 2.17. The van der Waals surface area contributed by atoms with Crippen molar-refractivity contribution in [2.24, 2.45) is 0 Å². The van der Waals surface area contributed by atoms with Crippen LogP contribution < -0.4 is 24.8 Å². The predicted octanol–water partition coefficient (Wildman–Crippen LogP) is 3.52. The van der Waals surface area contributed by atoms with E-state index in [0.717, 1.165) is 0 Å². The molecule has 0 atom stereocenters. The molecule has 0 unspecified atom stereocenters. The van der Waals surface area contributed by atoms with Gasteiger partial charge in [0.1, 0.15) is 11.4 Å². The molecule has 2 aromatic carbocycles. The van der Waals surface area contributed by atoms with Gasteiger partial charge in [-0.1, -0.05) is 6.07 Å². The summed E-state index contributed by atoms with van der Waals surface area (Å²) in [6.07, 6.45) is 4.75. The molecule has 8 heteroatoms. The molecule has 0 spiro atoms. The van der Waals surface area contributed by atoms with Crippen molar-refractivity contribution in [3.8, 4) is 17.2 Å². The van der Waals surface area contributed by atoms with Gasteiger partial charge in [0.15, 0.2) is 11.5 Å². The highest BCUT2D eigenvalue weighted by Crippen LogP contribution is 2.27. The summed E-state index contributed by atoms with van der Waals surface area (Å²) in [5.74, 6) is 0.586. The second kappa shape index (κ2) is 10.6. The molecule has 8 nitrogen and oxygen atoms in total. The molecule has 0 bridgehead atoms. The molecule has 2 amide bonds. The van der Waals surface area contributed by atoms with E-state index in [9.17, 15) is 9.59 Å². The molecule has 0 saturated carbocycles. The van der Waals surface area contributed by atoms with Crippen LogP contribution in [0.1, 0.15) is 15.9 Å². The summed E-state index contributed by atoms with van der Waals surface area (Å²) in [6, 6.07) is 15.1. The van der Waals surface area contributed by atoms with Gasteiger partial charge in [-0.3, -0.25) is 14.6 Å². The summed E-state index contributed by atoms with van der Waals surface area (Å²) in [7, 11) is 4.55. The van der Waals surface area contributed by atoms with Gasteiger partial charge in [-0.25, -0.2) is 0 Å². The summed E-state index contributed by atoms with van der Waals surface area (Å²) in [5.41, 5.74) is 1.55. The number of benzene rings is 2. The topological polar surface area (TPSA) is 98.8 Å². The SMILES string of the molecule is COc1ccc(NC(=O)/C(=C\c2cccnc2)NC(=O)c2ccc(OC)c(OC)c2)cc1. The van der Waals surface area contributed by atoms with E-state index in [1.165, 1.54) is 20.3 Å². The van der Waals surface area contributed by atoms with Gasteiger partial charge in [0.2, 0.25) is 0 Å². The molecular formula is C24H23N3O5. The quantitative estimate of drug-likeness (QED) is 0.528. The van der Waals surface area contributed by atoms with Gasteiger partial charge in [-0.15, -0.1) is 0 Å². The van der Waals surface area contributed by atoms with Gasteiger partial charge in [-0.2, -0.15) is 0 Å². The highest BCUT2D eigenvalue weighted by atomic mass is 16.5. The van der Waals surface area contributed by atoms with E-state index in [0.29, 0.717) is 34.1 Å². The Morgan fingerprint density at radius 3 is 2.28 bits per heavy atom. The Bertz CT molecular complexity index is 1110. The number of ether oxygens (including phenoxy) is 3. The zero-order valence-corrected chi connectivity index (χ0v) is 17.9. The minimum atomic E-state index is -0.493. The number of hydrogen-bond acceptors (Lipinski definition) is 6. The number of rotatable bonds is 8. The van der Waals surface area contributed by atoms with Crippen molar-refractivity contribution in [2.45, 2.75) is 0 Å². The highest BCUT2D eigenvalue weighted by molar-refractivity contribution is 6.10. The number of nitrogens with zero attached hydrogens (tertiary/aromatic N) is 1. The lowest BCUT2D eigenvalue weighted by molar-refractivity contribution is -0.113. The first-order valence-corrected chi connectivity index (χ1v) is 9.64. The summed E-state index contributed by atoms with van der Waals surface area (Å²) in [4.78, 5) is 29.9. The Labute approximate surface area is 185 Å². The van der Waals surface area contributed by atoms with Crippen LogP contribution in [0.4, 0.5) is 5.69 Å². The molecule has 1 heterocycles. The van der Waals surface area contributed by atoms with Crippen LogP contribution in [0.5, 0.6) is 17.2 Å². The van der Waals surface area contributed by atoms with Crippen molar-refractivity contribution in [3.63, 3.8) is 0 Å². The van der Waals surface area contributed by atoms with Crippen LogP contribution in [0.15, 0.2) is 72.7 Å². The van der Waals surface area contributed by atoms with Gasteiger partial charge >= 0.3 is 0 Å². The average Bonchev–Trinajstić information content (AvgIpc) is 2.84. The molecule has 32 heavy (non-hydrogen) atoms. The van der Waals surface area contributed by atoms with Gasteiger partial charge in [0.05, 0.1) is 21.3 Å². The molecule has 0 radical (unpaired) electrons. The molecule has 164 valence electrons. The van der Waals surface area contributed by atoms with Gasteiger partial charge in [0.25, 0.3) is 11.8 Å². The van der Waals surface area contributed by atoms with Crippen LogP contribution in [0.2, 0.25) is 0 Å². The summed E-state index contributed by atoms with van der Waals surface area (Å²) >= 11 is 0. The third-order valence-corrected chi connectivity index (χ3v) is 4.48. The van der Waals surface area contributed by atoms with E-state index in [-0.39, 0.29) is 5.70 Å². The van der Waals surface area contributed by atoms with Crippen LogP contribution >= 0.6 is 0 Å². The Balaban J connectivity index is 1.86. The summed E-state index contributed by atoms with van der Waals surface area (Å²) in [5, 5.41) is 5.44. The molecular weight excluding hydrogens is 410 g/mol. The number of anilines is 1. The van der Waals surface area contributed by atoms with E-state index in [2.05, 4.69) is 15.6 Å².